The fraction of sp³-hybridized carbons (Fsp3) is 0.600. The van der Waals surface area contributed by atoms with Gasteiger partial charge in [-0.3, -0.25) is 19.6 Å². The minimum Gasteiger partial charge on any atom is -0.338 e. The molecule has 2 aliphatic rings. The molecule has 0 spiro atoms. The van der Waals surface area contributed by atoms with Gasteiger partial charge in [0.05, 0.1) is 11.2 Å². The molecule has 3 amide bonds. The van der Waals surface area contributed by atoms with Crippen LogP contribution in [-0.2, 0) is 11.3 Å². The summed E-state index contributed by atoms with van der Waals surface area (Å²) >= 11 is 0. The van der Waals surface area contributed by atoms with Gasteiger partial charge in [-0.2, -0.15) is 4.98 Å². The van der Waals surface area contributed by atoms with Gasteiger partial charge in [-0.05, 0) is 69.2 Å². The lowest BCUT2D eigenvalue weighted by molar-refractivity contribution is -0.137. The maximum absolute atomic E-state index is 12.8. The smallest absolute Gasteiger partial charge is 0.338 e. The van der Waals surface area contributed by atoms with Gasteiger partial charge in [-0.15, -0.1) is 12.4 Å². The molecule has 2 heterocycles. The van der Waals surface area contributed by atoms with E-state index in [2.05, 4.69) is 41.2 Å². The molecule has 0 unspecified atom stereocenters. The Hall–Kier alpha value is -2.99. The van der Waals surface area contributed by atoms with Crippen LogP contribution in [0.5, 0.6) is 0 Å². The number of nitrogens with two attached hydrogens (primary N) is 2. The van der Waals surface area contributed by atoms with Gasteiger partial charge in [0.2, 0.25) is 5.91 Å². The zero-order chi connectivity index (χ0) is 29.7. The van der Waals surface area contributed by atoms with Gasteiger partial charge < -0.3 is 21.3 Å². The molecule has 2 fully saturated rings. The molecule has 232 valence electrons. The summed E-state index contributed by atoms with van der Waals surface area (Å²) in [5, 5.41) is 2.71. The van der Waals surface area contributed by atoms with Gasteiger partial charge in [-0.1, -0.05) is 26.0 Å². The number of hydrogen-bond acceptors (Lipinski definition) is 7. The number of hydrogen-bond donors (Lipinski definition) is 3. The van der Waals surface area contributed by atoms with Crippen LogP contribution in [0.3, 0.4) is 0 Å². The highest BCUT2D eigenvalue weighted by Gasteiger charge is 2.31. The van der Waals surface area contributed by atoms with Crippen LogP contribution < -0.4 is 22.5 Å². The topological polar surface area (TPSA) is 143 Å². The van der Waals surface area contributed by atoms with Crippen molar-refractivity contribution in [1.29, 1.82) is 0 Å². The summed E-state index contributed by atoms with van der Waals surface area (Å²) in [6.07, 6.45) is 6.05. The van der Waals surface area contributed by atoms with E-state index in [1.54, 1.807) is 35.9 Å². The zero-order valence-electron chi connectivity index (χ0n) is 25.3. The lowest BCUT2D eigenvalue weighted by Crippen LogP contribution is -2.58. The minimum absolute atomic E-state index is 0. The van der Waals surface area contributed by atoms with E-state index in [0.717, 1.165) is 38.8 Å². The largest absolute Gasteiger partial charge is 0.354 e. The van der Waals surface area contributed by atoms with Crippen LogP contribution in [0.1, 0.15) is 58.9 Å². The van der Waals surface area contributed by atoms with E-state index < -0.39 is 11.2 Å². The second-order valence-corrected chi connectivity index (χ2v) is 12.5. The minimum atomic E-state index is -0.948. The summed E-state index contributed by atoms with van der Waals surface area (Å²) < 4.78 is 1.47. The number of carbonyl (C=O) groups excluding carboxylic acids is 2. The number of carbonyl (C=O) groups is 2. The molecule has 11 nitrogen and oxygen atoms in total. The molecule has 0 bridgehead atoms. The first-order valence-electron chi connectivity index (χ1n) is 14.7. The number of amides is 3. The van der Waals surface area contributed by atoms with Crippen molar-refractivity contribution in [2.24, 2.45) is 17.4 Å². The Kier molecular flexibility index (Phi) is 11.5. The van der Waals surface area contributed by atoms with Crippen LogP contribution in [0.4, 0.5) is 10.6 Å². The van der Waals surface area contributed by atoms with Crippen molar-refractivity contribution in [2.75, 3.05) is 38.0 Å². The Balaban J connectivity index is 0.00000484. The first-order valence-corrected chi connectivity index (χ1v) is 14.7. The number of urea groups is 1. The molecule has 1 aliphatic carbocycles. The van der Waals surface area contributed by atoms with Gasteiger partial charge in [0.25, 0.3) is 0 Å². The highest BCUT2D eigenvalue weighted by atomic mass is 35.5. The van der Waals surface area contributed by atoms with Crippen molar-refractivity contribution < 1.29 is 9.59 Å². The van der Waals surface area contributed by atoms with Crippen molar-refractivity contribution in [3.05, 3.63) is 52.6 Å². The number of rotatable bonds is 8. The van der Waals surface area contributed by atoms with Gasteiger partial charge >= 0.3 is 11.7 Å². The van der Waals surface area contributed by atoms with Crippen LogP contribution in [0.2, 0.25) is 0 Å². The van der Waals surface area contributed by atoms with Crippen molar-refractivity contribution in [3.63, 3.8) is 0 Å². The molecule has 12 heteroatoms. The normalized spacial score (nSPS) is 19.5. The molecule has 42 heavy (non-hydrogen) atoms. The lowest BCUT2D eigenvalue weighted by Gasteiger charge is -2.37. The van der Waals surface area contributed by atoms with E-state index in [1.165, 1.54) is 10.1 Å². The SMILES string of the molecule is CC(C)CN(Cc1ccc(-n2ccc(NC(=O)N3CCN(C(=O)C(C)(C)N)CC3)nc2=O)cc1)C1CCC(N)CC1.Cl. The van der Waals surface area contributed by atoms with Crippen LogP contribution >= 0.6 is 12.4 Å². The Morgan fingerprint density at radius 1 is 1.02 bits per heavy atom. The Labute approximate surface area is 255 Å². The van der Waals surface area contributed by atoms with E-state index in [0.29, 0.717) is 49.9 Å². The summed E-state index contributed by atoms with van der Waals surface area (Å²) in [6, 6.07) is 10.1. The van der Waals surface area contributed by atoms with Crippen molar-refractivity contribution in [3.8, 4) is 5.69 Å². The molecule has 0 atom stereocenters. The summed E-state index contributed by atoms with van der Waals surface area (Å²) in [5.74, 6) is 0.620. The lowest BCUT2D eigenvalue weighted by atomic mass is 9.90. The summed E-state index contributed by atoms with van der Waals surface area (Å²) in [7, 11) is 0. The molecule has 1 aromatic heterocycles. The molecule has 0 radical (unpaired) electrons. The van der Waals surface area contributed by atoms with Crippen LogP contribution in [0, 0.1) is 5.92 Å². The van der Waals surface area contributed by atoms with Crippen LogP contribution in [-0.4, -0.2) is 86.5 Å². The Bertz CT molecular complexity index is 1240. The molecule has 2 aromatic rings. The second kappa shape index (κ2) is 14.5. The van der Waals surface area contributed by atoms with E-state index in [4.69, 9.17) is 11.5 Å². The predicted molar refractivity (Wildman–Crippen MR) is 168 cm³/mol. The number of nitrogens with zero attached hydrogens (tertiary/aromatic N) is 5. The fourth-order valence-electron chi connectivity index (χ4n) is 5.65. The summed E-state index contributed by atoms with van der Waals surface area (Å²) in [6.45, 7) is 11.3. The molecular weight excluding hydrogens is 556 g/mol. The van der Waals surface area contributed by atoms with Crippen molar-refractivity contribution >= 4 is 30.2 Å². The molecule has 1 saturated heterocycles. The van der Waals surface area contributed by atoms with E-state index in [9.17, 15) is 14.4 Å². The average Bonchev–Trinajstić information content (AvgIpc) is 2.93. The second-order valence-electron chi connectivity index (χ2n) is 12.5. The Morgan fingerprint density at radius 3 is 2.17 bits per heavy atom. The van der Waals surface area contributed by atoms with Crippen molar-refractivity contribution in [1.82, 2.24) is 24.3 Å². The molecule has 1 saturated carbocycles. The van der Waals surface area contributed by atoms with Gasteiger partial charge in [0.15, 0.2) is 0 Å². The van der Waals surface area contributed by atoms with Crippen molar-refractivity contribution in [2.45, 2.75) is 77.5 Å². The first kappa shape index (κ1) is 33.5. The van der Waals surface area contributed by atoms with E-state index >= 15 is 0 Å². The summed E-state index contributed by atoms with van der Waals surface area (Å²) in [4.78, 5) is 47.9. The Morgan fingerprint density at radius 2 is 1.62 bits per heavy atom. The molecule has 5 N–H and O–H groups in total. The van der Waals surface area contributed by atoms with E-state index in [-0.39, 0.29) is 30.2 Å². The number of piperazine rings is 1. The maximum Gasteiger partial charge on any atom is 0.354 e. The number of halogens is 1. The van der Waals surface area contributed by atoms with Gasteiger partial charge in [0, 0.05) is 57.5 Å². The molecule has 1 aromatic carbocycles. The van der Waals surface area contributed by atoms with Crippen LogP contribution in [0.25, 0.3) is 5.69 Å². The highest BCUT2D eigenvalue weighted by Crippen LogP contribution is 2.25. The quantitative estimate of drug-likeness (QED) is 0.422. The maximum atomic E-state index is 12.8. The predicted octanol–water partition coefficient (Wildman–Crippen LogP) is 2.80. The monoisotopic (exact) mass is 602 g/mol. The van der Waals surface area contributed by atoms with Crippen LogP contribution in [0.15, 0.2) is 41.3 Å². The van der Waals surface area contributed by atoms with Gasteiger partial charge in [0.1, 0.15) is 5.82 Å². The third-order valence-corrected chi connectivity index (χ3v) is 7.90. The molecular formula is C30H47ClN8O3. The fourth-order valence-corrected chi connectivity index (χ4v) is 5.65. The number of aromatic nitrogens is 2. The molecule has 4 rings (SSSR count). The number of nitrogens with one attached hydrogen (secondary N) is 1. The number of anilines is 1. The average molecular weight is 603 g/mol. The molecule has 1 aliphatic heterocycles. The standard InChI is InChI=1S/C30H46N8O3.ClH/c1-21(2)19-37(24-11-7-23(31)8-12-24)20-22-5-9-25(10-6-22)38-14-13-26(34-29(38)41)33-28(40)36-17-15-35(16-18-36)27(39)30(3,4)32;/h5-6,9-10,13-14,21,23-24H,7-8,11-12,15-20,31-32H2,1-4H3,(H,33,34,40,41);1H. The van der Waals surface area contributed by atoms with Gasteiger partial charge in [-0.25, -0.2) is 9.59 Å². The number of benzene rings is 1. The van der Waals surface area contributed by atoms with E-state index in [1.807, 2.05) is 12.1 Å². The zero-order valence-corrected chi connectivity index (χ0v) is 26.1. The highest BCUT2D eigenvalue weighted by molar-refractivity contribution is 5.89. The third-order valence-electron chi connectivity index (χ3n) is 7.90. The third kappa shape index (κ3) is 8.76. The first-order chi connectivity index (χ1) is 19.4. The summed E-state index contributed by atoms with van der Waals surface area (Å²) in [5.41, 5.74) is 12.5.